The number of benzene rings is 2. The zero-order valence-corrected chi connectivity index (χ0v) is 19.5. The summed E-state index contributed by atoms with van der Waals surface area (Å²) in [5.74, 6) is 1.29. The van der Waals surface area contributed by atoms with Gasteiger partial charge in [0.25, 0.3) is 0 Å². The van der Waals surface area contributed by atoms with E-state index in [4.69, 9.17) is 14.0 Å². The number of nitrogens with one attached hydrogen (secondary N) is 1. The van der Waals surface area contributed by atoms with Crippen LogP contribution in [0, 0.1) is 12.8 Å². The number of ether oxygens (including phenoxy) is 2. The van der Waals surface area contributed by atoms with Crippen molar-refractivity contribution in [3.8, 4) is 17.1 Å². The van der Waals surface area contributed by atoms with Crippen LogP contribution >= 0.6 is 0 Å². The Labute approximate surface area is 198 Å². The Hall–Kier alpha value is -3.72. The number of piperidine rings is 1. The molecule has 1 fully saturated rings. The maximum atomic E-state index is 12.8. The highest BCUT2D eigenvalue weighted by Gasteiger charge is 2.27. The summed E-state index contributed by atoms with van der Waals surface area (Å²) in [5.41, 5.74) is 2.64. The molecule has 0 bridgehead atoms. The molecular weight excluding hydrogens is 436 g/mol. The van der Waals surface area contributed by atoms with E-state index in [9.17, 15) is 9.59 Å². The summed E-state index contributed by atoms with van der Waals surface area (Å²) in [7, 11) is 2.97. The number of anilines is 1. The normalized spacial score (nSPS) is 14.6. The molecule has 0 unspecified atom stereocenters. The van der Waals surface area contributed by atoms with Crippen LogP contribution in [0.5, 0.6) is 5.75 Å². The lowest BCUT2D eigenvalue weighted by Gasteiger charge is -2.30. The third-order valence-corrected chi connectivity index (χ3v) is 6.13. The molecule has 1 aliphatic heterocycles. The standard InChI is InChI=1S/C25H28N4O5/c1-16-20(25(31)33-3)5-4-6-21(16)26-24(30)18-11-13-29(14-12-18)15-22-27-23(28-34-22)17-7-9-19(32-2)10-8-17/h4-10,18H,11-15H2,1-3H3,(H,26,30). The number of likely N-dealkylation sites (tertiary alicyclic amines) is 1. The molecule has 0 radical (unpaired) electrons. The van der Waals surface area contributed by atoms with Gasteiger partial charge in [-0.3, -0.25) is 9.69 Å². The van der Waals surface area contributed by atoms with E-state index in [1.54, 1.807) is 32.2 Å². The van der Waals surface area contributed by atoms with Crippen molar-refractivity contribution in [1.29, 1.82) is 0 Å². The van der Waals surface area contributed by atoms with E-state index in [2.05, 4.69) is 20.4 Å². The molecule has 0 aliphatic carbocycles. The first-order valence-corrected chi connectivity index (χ1v) is 11.2. The molecule has 1 aromatic heterocycles. The van der Waals surface area contributed by atoms with Crippen LogP contribution in [0.15, 0.2) is 47.0 Å². The number of carbonyl (C=O) groups is 2. The molecule has 0 saturated carbocycles. The zero-order chi connectivity index (χ0) is 24.1. The summed E-state index contributed by atoms with van der Waals surface area (Å²) in [5, 5.41) is 7.06. The summed E-state index contributed by atoms with van der Waals surface area (Å²) >= 11 is 0. The van der Waals surface area contributed by atoms with Gasteiger partial charge in [-0.2, -0.15) is 4.98 Å². The van der Waals surface area contributed by atoms with Crippen molar-refractivity contribution in [2.75, 3.05) is 32.6 Å². The summed E-state index contributed by atoms with van der Waals surface area (Å²) in [6.07, 6.45) is 1.45. The van der Waals surface area contributed by atoms with Crippen molar-refractivity contribution in [3.63, 3.8) is 0 Å². The van der Waals surface area contributed by atoms with Crippen LogP contribution in [0.3, 0.4) is 0 Å². The summed E-state index contributed by atoms with van der Waals surface area (Å²) < 4.78 is 15.4. The predicted molar refractivity (Wildman–Crippen MR) is 125 cm³/mol. The Morgan fingerprint density at radius 2 is 1.85 bits per heavy atom. The van der Waals surface area contributed by atoms with Crippen molar-refractivity contribution in [2.24, 2.45) is 5.92 Å². The molecule has 9 heteroatoms. The van der Waals surface area contributed by atoms with Gasteiger partial charge < -0.3 is 19.3 Å². The molecule has 9 nitrogen and oxygen atoms in total. The Bertz CT molecular complexity index is 1150. The molecule has 1 N–H and O–H groups in total. The third-order valence-electron chi connectivity index (χ3n) is 6.13. The van der Waals surface area contributed by atoms with Gasteiger partial charge in [-0.05, 0) is 74.8 Å². The van der Waals surface area contributed by atoms with Crippen LogP contribution < -0.4 is 10.1 Å². The van der Waals surface area contributed by atoms with Crippen LogP contribution in [0.2, 0.25) is 0 Å². The van der Waals surface area contributed by atoms with Crippen LogP contribution in [-0.4, -0.2) is 54.2 Å². The Morgan fingerprint density at radius 3 is 2.53 bits per heavy atom. The number of methoxy groups -OCH3 is 2. The van der Waals surface area contributed by atoms with Crippen LogP contribution in [0.1, 0.15) is 34.7 Å². The van der Waals surface area contributed by atoms with E-state index in [1.165, 1.54) is 7.11 Å². The van der Waals surface area contributed by atoms with E-state index in [1.807, 2.05) is 24.3 Å². The molecule has 1 aliphatic rings. The monoisotopic (exact) mass is 464 g/mol. The molecule has 34 heavy (non-hydrogen) atoms. The molecule has 2 aromatic carbocycles. The minimum absolute atomic E-state index is 0.0376. The maximum absolute atomic E-state index is 12.8. The molecule has 3 aromatic rings. The van der Waals surface area contributed by atoms with Gasteiger partial charge in [-0.15, -0.1) is 0 Å². The van der Waals surface area contributed by atoms with Gasteiger partial charge in [0.05, 0.1) is 26.3 Å². The van der Waals surface area contributed by atoms with E-state index < -0.39 is 5.97 Å². The quantitative estimate of drug-likeness (QED) is 0.528. The molecule has 4 rings (SSSR count). The number of nitrogens with zero attached hydrogens (tertiary/aromatic N) is 3. The molecule has 1 saturated heterocycles. The number of hydrogen-bond donors (Lipinski definition) is 1. The van der Waals surface area contributed by atoms with E-state index in [-0.39, 0.29) is 11.8 Å². The first-order chi connectivity index (χ1) is 16.5. The lowest BCUT2D eigenvalue weighted by atomic mass is 9.95. The van der Waals surface area contributed by atoms with Gasteiger partial charge in [0.15, 0.2) is 0 Å². The minimum Gasteiger partial charge on any atom is -0.497 e. The second kappa shape index (κ2) is 10.5. The number of hydrogen-bond acceptors (Lipinski definition) is 8. The van der Waals surface area contributed by atoms with Gasteiger partial charge in [-0.25, -0.2) is 4.79 Å². The lowest BCUT2D eigenvalue weighted by molar-refractivity contribution is -0.121. The topological polar surface area (TPSA) is 107 Å². The van der Waals surface area contributed by atoms with Gasteiger partial charge in [0.2, 0.25) is 17.6 Å². The van der Waals surface area contributed by atoms with Crippen molar-refractivity contribution in [1.82, 2.24) is 15.0 Å². The Kier molecular flexibility index (Phi) is 7.22. The SMILES string of the molecule is COC(=O)c1cccc(NC(=O)C2CCN(Cc3nc(-c4ccc(OC)cc4)no3)CC2)c1C. The van der Waals surface area contributed by atoms with Crippen molar-refractivity contribution < 1.29 is 23.6 Å². The molecule has 2 heterocycles. The second-order valence-electron chi connectivity index (χ2n) is 8.25. The average molecular weight is 465 g/mol. The minimum atomic E-state index is -0.418. The van der Waals surface area contributed by atoms with Gasteiger partial charge in [0.1, 0.15) is 5.75 Å². The number of rotatable bonds is 7. The Balaban J connectivity index is 1.30. The predicted octanol–water partition coefficient (Wildman–Crippen LogP) is 3.69. The van der Waals surface area contributed by atoms with Gasteiger partial charge in [-0.1, -0.05) is 11.2 Å². The highest BCUT2D eigenvalue weighted by molar-refractivity contribution is 5.97. The highest BCUT2D eigenvalue weighted by Crippen LogP contribution is 2.25. The number of carbonyl (C=O) groups excluding carboxylic acids is 2. The fourth-order valence-electron chi connectivity index (χ4n) is 4.06. The summed E-state index contributed by atoms with van der Waals surface area (Å²) in [6, 6.07) is 12.7. The van der Waals surface area contributed by atoms with Gasteiger partial charge >= 0.3 is 5.97 Å². The number of aromatic nitrogens is 2. The van der Waals surface area contributed by atoms with Gasteiger partial charge in [0, 0.05) is 17.2 Å². The molecule has 178 valence electrons. The molecule has 0 atom stereocenters. The zero-order valence-electron chi connectivity index (χ0n) is 19.5. The summed E-state index contributed by atoms with van der Waals surface area (Å²) in [4.78, 5) is 31.5. The van der Waals surface area contributed by atoms with Crippen LogP contribution in [-0.2, 0) is 16.1 Å². The smallest absolute Gasteiger partial charge is 0.338 e. The number of esters is 1. The lowest BCUT2D eigenvalue weighted by Crippen LogP contribution is -2.38. The van der Waals surface area contributed by atoms with Crippen LogP contribution in [0.25, 0.3) is 11.4 Å². The third kappa shape index (κ3) is 5.26. The second-order valence-corrected chi connectivity index (χ2v) is 8.25. The largest absolute Gasteiger partial charge is 0.497 e. The average Bonchev–Trinajstić information content (AvgIpc) is 3.33. The molecular formula is C25H28N4O5. The molecule has 0 spiro atoms. The van der Waals surface area contributed by atoms with E-state index in [0.29, 0.717) is 35.1 Å². The first kappa shape index (κ1) is 23.4. The number of amides is 1. The highest BCUT2D eigenvalue weighted by atomic mass is 16.5. The fourth-order valence-corrected chi connectivity index (χ4v) is 4.06. The first-order valence-electron chi connectivity index (χ1n) is 11.2. The van der Waals surface area contributed by atoms with Crippen molar-refractivity contribution in [3.05, 3.63) is 59.5 Å². The Morgan fingerprint density at radius 1 is 1.12 bits per heavy atom. The molecule has 1 amide bonds. The van der Waals surface area contributed by atoms with E-state index in [0.717, 1.165) is 37.2 Å². The summed E-state index contributed by atoms with van der Waals surface area (Å²) in [6.45, 7) is 3.84. The van der Waals surface area contributed by atoms with Crippen molar-refractivity contribution in [2.45, 2.75) is 26.3 Å². The van der Waals surface area contributed by atoms with E-state index >= 15 is 0 Å². The fraction of sp³-hybridized carbons (Fsp3) is 0.360. The maximum Gasteiger partial charge on any atom is 0.338 e. The van der Waals surface area contributed by atoms with Crippen molar-refractivity contribution >= 4 is 17.6 Å². The van der Waals surface area contributed by atoms with Crippen LogP contribution in [0.4, 0.5) is 5.69 Å².